The quantitative estimate of drug-likeness (QED) is 0.736. The van der Waals surface area contributed by atoms with Crippen molar-refractivity contribution in [1.29, 1.82) is 0 Å². The zero-order chi connectivity index (χ0) is 10.4. The number of aliphatic carboxylic acids is 1. The molecule has 3 nitrogen and oxygen atoms in total. The van der Waals surface area contributed by atoms with Crippen LogP contribution in [-0.2, 0) is 11.3 Å². The van der Waals surface area contributed by atoms with E-state index >= 15 is 0 Å². The van der Waals surface area contributed by atoms with Crippen LogP contribution in [0, 0.1) is 0 Å². The number of carboxylic acid groups (broad SMARTS) is 1. The van der Waals surface area contributed by atoms with Crippen molar-refractivity contribution in [1.82, 2.24) is 0 Å². The average Bonchev–Trinajstić information content (AvgIpc) is 2.18. The van der Waals surface area contributed by atoms with Gasteiger partial charge in [0, 0.05) is 0 Å². The fourth-order valence-electron chi connectivity index (χ4n) is 0.988. The van der Waals surface area contributed by atoms with Crippen LogP contribution in [0.25, 0.3) is 6.08 Å². The van der Waals surface area contributed by atoms with Gasteiger partial charge in [-0.2, -0.15) is 0 Å². The van der Waals surface area contributed by atoms with Gasteiger partial charge in [-0.05, 0) is 11.1 Å². The van der Waals surface area contributed by atoms with Gasteiger partial charge in [0.2, 0.25) is 0 Å². The van der Waals surface area contributed by atoms with Gasteiger partial charge >= 0.3 is 5.97 Å². The van der Waals surface area contributed by atoms with Crippen molar-refractivity contribution in [2.24, 2.45) is 4.99 Å². The van der Waals surface area contributed by atoms with E-state index < -0.39 is 5.97 Å². The first-order valence-electron chi connectivity index (χ1n) is 4.16. The second-order valence-corrected chi connectivity index (χ2v) is 2.75. The van der Waals surface area contributed by atoms with Crippen LogP contribution in [0.2, 0.25) is 0 Å². The van der Waals surface area contributed by atoms with Crippen molar-refractivity contribution in [2.75, 3.05) is 0 Å². The minimum Gasteiger partial charge on any atom is -0.477 e. The van der Waals surface area contributed by atoms with E-state index in [0.717, 1.165) is 17.3 Å². The molecule has 0 saturated heterocycles. The third-order valence-electron chi connectivity index (χ3n) is 1.69. The van der Waals surface area contributed by atoms with E-state index in [0.29, 0.717) is 6.54 Å². The van der Waals surface area contributed by atoms with Crippen LogP contribution in [0.4, 0.5) is 0 Å². The summed E-state index contributed by atoms with van der Waals surface area (Å²) in [7, 11) is 0. The van der Waals surface area contributed by atoms with Crippen molar-refractivity contribution >= 4 is 18.3 Å². The van der Waals surface area contributed by atoms with Gasteiger partial charge in [0.25, 0.3) is 0 Å². The molecule has 0 saturated carbocycles. The zero-order valence-corrected chi connectivity index (χ0v) is 7.68. The van der Waals surface area contributed by atoms with Crippen LogP contribution in [0.15, 0.2) is 35.8 Å². The summed E-state index contributed by atoms with van der Waals surface area (Å²) in [4.78, 5) is 13.9. The number of nitrogens with zero attached hydrogens (tertiary/aromatic N) is 1. The Morgan fingerprint density at radius 1 is 1.43 bits per heavy atom. The lowest BCUT2D eigenvalue weighted by Crippen LogP contribution is -1.95. The van der Waals surface area contributed by atoms with E-state index in [1.165, 1.54) is 0 Å². The average molecular weight is 189 g/mol. The van der Waals surface area contributed by atoms with Crippen molar-refractivity contribution < 1.29 is 9.90 Å². The Bertz CT molecular complexity index is 352. The highest BCUT2D eigenvalue weighted by molar-refractivity contribution is 6.21. The molecule has 0 radical (unpaired) electrons. The number of carbonyl (C=O) groups is 1. The maximum absolute atomic E-state index is 10.1. The summed E-state index contributed by atoms with van der Waals surface area (Å²) in [5.41, 5.74) is 2.02. The van der Waals surface area contributed by atoms with E-state index in [1.807, 2.05) is 24.3 Å². The summed E-state index contributed by atoms with van der Waals surface area (Å²) >= 11 is 0. The number of carboxylic acids is 1. The lowest BCUT2D eigenvalue weighted by molar-refractivity contribution is -0.128. The molecule has 0 aromatic heterocycles. The van der Waals surface area contributed by atoms with Gasteiger partial charge < -0.3 is 5.11 Å². The van der Waals surface area contributed by atoms with Gasteiger partial charge in [0.05, 0.1) is 6.54 Å². The van der Waals surface area contributed by atoms with Crippen molar-refractivity contribution in [2.45, 2.75) is 6.54 Å². The smallest absolute Gasteiger partial charge is 0.346 e. The number of benzene rings is 1. The highest BCUT2D eigenvalue weighted by Gasteiger charge is 1.91. The van der Waals surface area contributed by atoms with Crippen molar-refractivity contribution in [3.05, 3.63) is 42.0 Å². The summed E-state index contributed by atoms with van der Waals surface area (Å²) < 4.78 is 0. The van der Waals surface area contributed by atoms with E-state index in [1.54, 1.807) is 6.08 Å². The molecule has 3 heteroatoms. The first kappa shape index (κ1) is 10.2. The Kier molecular flexibility index (Phi) is 3.61. The van der Waals surface area contributed by atoms with Crippen LogP contribution in [-0.4, -0.2) is 17.3 Å². The highest BCUT2D eigenvalue weighted by atomic mass is 16.4. The predicted octanol–water partition coefficient (Wildman–Crippen LogP) is 1.99. The lowest BCUT2D eigenvalue weighted by Gasteiger charge is -1.96. The van der Waals surface area contributed by atoms with Gasteiger partial charge in [0.1, 0.15) is 6.21 Å². The van der Waals surface area contributed by atoms with Crippen LogP contribution in [0.3, 0.4) is 0 Å². The number of aliphatic imine (C=N–C) groups is 1. The molecule has 0 aliphatic heterocycles. The second kappa shape index (κ2) is 4.97. The minimum atomic E-state index is -1.02. The van der Waals surface area contributed by atoms with Crippen LogP contribution >= 0.6 is 0 Å². The van der Waals surface area contributed by atoms with Crippen LogP contribution in [0.1, 0.15) is 11.1 Å². The zero-order valence-electron chi connectivity index (χ0n) is 7.68. The largest absolute Gasteiger partial charge is 0.477 e. The fraction of sp³-hybridized carbons (Fsp3) is 0.0909. The summed E-state index contributed by atoms with van der Waals surface area (Å²) in [5, 5.41) is 8.31. The van der Waals surface area contributed by atoms with E-state index in [-0.39, 0.29) is 0 Å². The van der Waals surface area contributed by atoms with Crippen molar-refractivity contribution in [3.8, 4) is 0 Å². The summed E-state index contributed by atoms with van der Waals surface area (Å²) in [5.74, 6) is -1.02. The summed E-state index contributed by atoms with van der Waals surface area (Å²) in [6.07, 6.45) is 2.66. The third kappa shape index (κ3) is 3.23. The lowest BCUT2D eigenvalue weighted by atomic mass is 10.1. The van der Waals surface area contributed by atoms with E-state index in [2.05, 4.69) is 11.6 Å². The molecule has 0 aliphatic rings. The first-order valence-corrected chi connectivity index (χ1v) is 4.16. The second-order valence-electron chi connectivity index (χ2n) is 2.75. The Hall–Kier alpha value is -1.90. The maximum Gasteiger partial charge on any atom is 0.346 e. The molecule has 0 aliphatic carbocycles. The molecule has 0 spiro atoms. The topological polar surface area (TPSA) is 49.7 Å². The molecule has 0 heterocycles. The van der Waals surface area contributed by atoms with E-state index in [9.17, 15) is 4.79 Å². The normalized spacial score (nSPS) is 10.3. The Morgan fingerprint density at radius 3 is 2.57 bits per heavy atom. The number of rotatable bonds is 4. The number of hydrogen-bond acceptors (Lipinski definition) is 2. The highest BCUT2D eigenvalue weighted by Crippen LogP contribution is 2.06. The first-order chi connectivity index (χ1) is 6.72. The molecule has 72 valence electrons. The molecule has 1 aromatic carbocycles. The molecule has 14 heavy (non-hydrogen) atoms. The molecule has 1 aromatic rings. The maximum atomic E-state index is 10.1. The Labute approximate surface area is 82.4 Å². The number of hydrogen-bond donors (Lipinski definition) is 1. The van der Waals surface area contributed by atoms with Crippen molar-refractivity contribution in [3.63, 3.8) is 0 Å². The summed E-state index contributed by atoms with van der Waals surface area (Å²) in [6.45, 7) is 4.03. The molecule has 0 bridgehead atoms. The SMILES string of the molecule is C=Cc1ccc(C/N=C/C(=O)O)cc1. The van der Waals surface area contributed by atoms with Gasteiger partial charge in [0.15, 0.2) is 0 Å². The molecule has 0 unspecified atom stereocenters. The summed E-state index contributed by atoms with van der Waals surface area (Å²) in [6, 6.07) is 7.63. The standard InChI is InChI=1S/C11H11NO2/c1-2-9-3-5-10(6-4-9)7-12-8-11(13)14/h2-6,8H,1,7H2,(H,13,14)/b12-8+. The van der Waals surface area contributed by atoms with Gasteiger partial charge in [-0.1, -0.05) is 36.9 Å². The molecule has 0 fully saturated rings. The van der Waals surface area contributed by atoms with Crippen LogP contribution < -0.4 is 0 Å². The van der Waals surface area contributed by atoms with Gasteiger partial charge in [-0.3, -0.25) is 4.99 Å². The monoisotopic (exact) mass is 189 g/mol. The molecule has 0 atom stereocenters. The Balaban J connectivity index is 2.60. The fourth-order valence-corrected chi connectivity index (χ4v) is 0.988. The third-order valence-corrected chi connectivity index (χ3v) is 1.69. The minimum absolute atomic E-state index is 0.393. The Morgan fingerprint density at radius 2 is 2.07 bits per heavy atom. The molecule has 1 N–H and O–H groups in total. The van der Waals surface area contributed by atoms with E-state index in [4.69, 9.17) is 5.11 Å². The van der Waals surface area contributed by atoms with Gasteiger partial charge in [-0.15, -0.1) is 0 Å². The molecular weight excluding hydrogens is 178 g/mol. The molecule has 0 amide bonds. The van der Waals surface area contributed by atoms with Gasteiger partial charge in [-0.25, -0.2) is 4.79 Å². The van der Waals surface area contributed by atoms with Crippen LogP contribution in [0.5, 0.6) is 0 Å². The molecule has 1 rings (SSSR count). The predicted molar refractivity (Wildman–Crippen MR) is 56.4 cm³/mol. The molecular formula is C11H11NO2.